The number of ether oxygens (including phenoxy) is 1. The molecule has 0 saturated carbocycles. The van der Waals surface area contributed by atoms with E-state index in [1.54, 1.807) is 19.2 Å². The Bertz CT molecular complexity index is 287. The van der Waals surface area contributed by atoms with Gasteiger partial charge in [-0.2, -0.15) is 0 Å². The molecule has 0 aliphatic heterocycles. The molecule has 0 fully saturated rings. The average Bonchev–Trinajstić information content (AvgIpc) is 1.97. The zero-order valence-electron chi connectivity index (χ0n) is 7.90. The summed E-state index contributed by atoms with van der Waals surface area (Å²) in [6.07, 6.45) is 0. The number of anilines is 1. The Balaban J connectivity index is 0. The van der Waals surface area contributed by atoms with Crippen LogP contribution in [0.5, 0.6) is 5.75 Å². The molecule has 0 spiro atoms. The van der Waals surface area contributed by atoms with Crippen LogP contribution in [0, 0.1) is 0 Å². The first-order valence-electron chi connectivity index (χ1n) is 2.93. The quantitative estimate of drug-likeness (QED) is 0.561. The minimum atomic E-state index is 0. The third-order valence-electron chi connectivity index (χ3n) is 1.27. The third kappa shape index (κ3) is 2.82. The Kier molecular flexibility index (Phi) is 5.61. The molecule has 62 valence electrons. The second-order valence-corrected chi connectivity index (χ2v) is 3.27. The number of hydrogen-bond donors (Lipinski definition) is 1. The van der Waals surface area contributed by atoms with E-state index >= 15 is 0 Å². The van der Waals surface area contributed by atoms with Crippen LogP contribution in [-0.2, 0) is 0 Å². The van der Waals surface area contributed by atoms with E-state index in [0.29, 0.717) is 16.5 Å². The van der Waals surface area contributed by atoms with Crippen molar-refractivity contribution in [2.24, 2.45) is 0 Å². The summed E-state index contributed by atoms with van der Waals surface area (Å²) >= 11 is 9.01. The van der Waals surface area contributed by atoms with Crippen molar-refractivity contribution in [3.8, 4) is 5.75 Å². The molecule has 0 heterocycles. The van der Waals surface area contributed by atoms with Crippen molar-refractivity contribution in [2.75, 3.05) is 12.8 Å². The van der Waals surface area contributed by atoms with Crippen LogP contribution >= 0.6 is 27.5 Å². The first kappa shape index (κ1) is 12.6. The second-order valence-electron chi connectivity index (χ2n) is 2.01. The molecule has 0 unspecified atom stereocenters. The molecule has 1 aromatic rings. The Morgan fingerprint density at radius 2 is 2.17 bits per heavy atom. The van der Waals surface area contributed by atoms with Gasteiger partial charge in [0.1, 0.15) is 5.75 Å². The number of rotatable bonds is 1. The summed E-state index contributed by atoms with van der Waals surface area (Å²) in [6, 6.07) is 3.38. The number of nitrogen functional groups attached to an aromatic ring is 1. The molecule has 2 nitrogen and oxygen atoms in total. The summed E-state index contributed by atoms with van der Waals surface area (Å²) in [5.74, 6) is 0.626. The van der Waals surface area contributed by atoms with Crippen molar-refractivity contribution in [2.45, 2.75) is 0 Å². The molecule has 0 aliphatic carbocycles. The fraction of sp³-hybridized carbons (Fsp3) is 0.143. The maximum atomic E-state index is 5.76. The molecule has 0 saturated heterocycles. The zero-order valence-corrected chi connectivity index (χ0v) is 11.2. The summed E-state index contributed by atoms with van der Waals surface area (Å²) in [5, 5.41) is 0.586. The van der Waals surface area contributed by atoms with Crippen molar-refractivity contribution in [3.05, 3.63) is 21.6 Å². The third-order valence-corrected chi connectivity index (χ3v) is 2.47. The first-order chi connectivity index (χ1) is 5.15. The van der Waals surface area contributed by atoms with Crippen molar-refractivity contribution in [1.82, 2.24) is 0 Å². The molecular formula is C7H8BrClNNaO. The van der Waals surface area contributed by atoms with E-state index in [1.165, 1.54) is 0 Å². The van der Waals surface area contributed by atoms with Crippen LogP contribution < -0.4 is 40.0 Å². The minimum absolute atomic E-state index is 0. The molecule has 12 heavy (non-hydrogen) atoms. The van der Waals surface area contributed by atoms with E-state index in [0.717, 1.165) is 4.47 Å². The van der Waals surface area contributed by atoms with E-state index < -0.39 is 0 Å². The molecule has 1 aromatic carbocycles. The molecule has 0 aromatic heterocycles. The second kappa shape index (κ2) is 5.35. The van der Waals surface area contributed by atoms with E-state index in [9.17, 15) is 0 Å². The van der Waals surface area contributed by atoms with Crippen molar-refractivity contribution < 1.29 is 35.7 Å². The predicted octanol–water partition coefficient (Wildman–Crippen LogP) is -0.190. The summed E-state index contributed by atoms with van der Waals surface area (Å²) in [4.78, 5) is 0. The van der Waals surface area contributed by atoms with Crippen molar-refractivity contribution >= 4 is 33.2 Å². The van der Waals surface area contributed by atoms with Crippen LogP contribution in [0.1, 0.15) is 1.43 Å². The molecule has 0 bridgehead atoms. The first-order valence-corrected chi connectivity index (χ1v) is 4.10. The Hall–Kier alpha value is 0.590. The van der Waals surface area contributed by atoms with Crippen LogP contribution in [-0.4, -0.2) is 7.11 Å². The standard InChI is InChI=1S/C7H7BrClNO.Na.H/c1-11-7-2-4(8)5(9)3-6(7)10;;/h2-3H,10H2,1H3;;/q;+1;-1. The van der Waals surface area contributed by atoms with E-state index in [-0.39, 0.29) is 31.0 Å². The zero-order chi connectivity index (χ0) is 8.43. The Morgan fingerprint density at radius 1 is 1.58 bits per heavy atom. The maximum Gasteiger partial charge on any atom is 1.00 e. The van der Waals surface area contributed by atoms with Gasteiger partial charge >= 0.3 is 29.6 Å². The van der Waals surface area contributed by atoms with E-state index in [2.05, 4.69) is 15.9 Å². The molecule has 1 rings (SSSR count). The Labute approximate surface area is 108 Å². The molecule has 0 aliphatic rings. The SMILES string of the molecule is COc1cc(Br)c(Cl)cc1N.[H-].[Na+]. The van der Waals surface area contributed by atoms with Gasteiger partial charge in [0.2, 0.25) is 0 Å². The monoisotopic (exact) mass is 259 g/mol. The maximum absolute atomic E-state index is 5.76. The van der Waals surface area contributed by atoms with E-state index in [4.69, 9.17) is 22.1 Å². The number of hydrogen-bond acceptors (Lipinski definition) is 2. The molecule has 0 radical (unpaired) electrons. The summed E-state index contributed by atoms with van der Waals surface area (Å²) in [7, 11) is 1.56. The minimum Gasteiger partial charge on any atom is -1.00 e. The van der Waals surface area contributed by atoms with Crippen LogP contribution in [0.2, 0.25) is 5.02 Å². The van der Waals surface area contributed by atoms with Gasteiger partial charge in [0.05, 0.1) is 17.8 Å². The summed E-state index contributed by atoms with van der Waals surface area (Å²) in [6.45, 7) is 0. The summed E-state index contributed by atoms with van der Waals surface area (Å²) in [5.41, 5.74) is 6.11. The fourth-order valence-corrected chi connectivity index (χ4v) is 1.22. The number of benzene rings is 1. The Morgan fingerprint density at radius 3 is 2.67 bits per heavy atom. The largest absolute Gasteiger partial charge is 1.00 e. The normalized spacial score (nSPS) is 8.92. The summed E-state index contributed by atoms with van der Waals surface area (Å²) < 4.78 is 5.75. The fourth-order valence-electron chi connectivity index (χ4n) is 0.721. The van der Waals surface area contributed by atoms with Gasteiger partial charge in [-0.3, -0.25) is 0 Å². The van der Waals surface area contributed by atoms with Gasteiger partial charge in [-0.05, 0) is 28.1 Å². The molecule has 2 N–H and O–H groups in total. The van der Waals surface area contributed by atoms with Gasteiger partial charge in [-0.1, -0.05) is 11.6 Å². The van der Waals surface area contributed by atoms with E-state index in [1.807, 2.05) is 0 Å². The van der Waals surface area contributed by atoms with Crippen LogP contribution in [0.25, 0.3) is 0 Å². The van der Waals surface area contributed by atoms with Crippen LogP contribution in [0.4, 0.5) is 5.69 Å². The smallest absolute Gasteiger partial charge is 1.00 e. The van der Waals surface area contributed by atoms with Crippen molar-refractivity contribution in [1.29, 1.82) is 0 Å². The van der Waals surface area contributed by atoms with Crippen LogP contribution in [0.15, 0.2) is 16.6 Å². The van der Waals surface area contributed by atoms with Gasteiger partial charge < -0.3 is 11.9 Å². The topological polar surface area (TPSA) is 35.2 Å². The number of methoxy groups -OCH3 is 1. The predicted molar refractivity (Wildman–Crippen MR) is 51.2 cm³/mol. The van der Waals surface area contributed by atoms with Gasteiger partial charge in [0.25, 0.3) is 0 Å². The van der Waals surface area contributed by atoms with Gasteiger partial charge in [-0.15, -0.1) is 0 Å². The van der Waals surface area contributed by atoms with Gasteiger partial charge in [0, 0.05) is 4.47 Å². The molecule has 0 amide bonds. The molecule has 0 atom stereocenters. The molecular weight excluding hydrogens is 252 g/mol. The number of halogens is 2. The molecule has 5 heteroatoms. The van der Waals surface area contributed by atoms with Gasteiger partial charge in [0.15, 0.2) is 0 Å². The van der Waals surface area contributed by atoms with Crippen molar-refractivity contribution in [3.63, 3.8) is 0 Å². The van der Waals surface area contributed by atoms with Crippen LogP contribution in [0.3, 0.4) is 0 Å². The average molecular weight is 260 g/mol. The number of nitrogens with two attached hydrogens (primary N) is 1. The van der Waals surface area contributed by atoms with Gasteiger partial charge in [-0.25, -0.2) is 0 Å².